The summed E-state index contributed by atoms with van der Waals surface area (Å²) < 4.78 is 19.4. The van der Waals surface area contributed by atoms with Crippen LogP contribution in [0.25, 0.3) is 12.2 Å². The van der Waals surface area contributed by atoms with Gasteiger partial charge in [-0.15, -0.1) is 23.5 Å². The van der Waals surface area contributed by atoms with Crippen molar-refractivity contribution >= 4 is 115 Å². The van der Waals surface area contributed by atoms with Gasteiger partial charge < -0.3 is 18.9 Å². The molecule has 2 rings (SSSR count). The van der Waals surface area contributed by atoms with Crippen molar-refractivity contribution in [1.82, 2.24) is 0 Å². The number of rotatable bonds is 16. The van der Waals surface area contributed by atoms with Gasteiger partial charge >= 0.3 is 23.9 Å². The van der Waals surface area contributed by atoms with Gasteiger partial charge in [0.25, 0.3) is 0 Å². The summed E-state index contributed by atoms with van der Waals surface area (Å²) in [6, 6.07) is 20.1. The maximum absolute atomic E-state index is 12.3. The molecule has 0 spiro atoms. The van der Waals surface area contributed by atoms with Crippen molar-refractivity contribution in [2.75, 3.05) is 37.9 Å². The number of benzene rings is 2. The van der Waals surface area contributed by atoms with E-state index in [-0.39, 0.29) is 37.6 Å². The zero-order valence-electron chi connectivity index (χ0n) is 33.7. The second-order valence-corrected chi connectivity index (χ2v) is 20.1. The van der Waals surface area contributed by atoms with E-state index in [0.717, 1.165) is 38.6 Å². The van der Waals surface area contributed by atoms with Crippen LogP contribution >= 0.6 is 71.5 Å². The SMILES string of the molecule is C=C(C)C(=O)OCCOC(=O)C(C)(C)SC(=S)SC(C)(C)C(=O)OCCOC(=O)C(=C)C.C=Cc1ccccc1.C=Cc1ccccc1.CCSC(=S)SCC. The summed E-state index contributed by atoms with van der Waals surface area (Å²) in [6.07, 6.45) is 3.67. The van der Waals surface area contributed by atoms with Gasteiger partial charge in [-0.25, -0.2) is 9.59 Å². The van der Waals surface area contributed by atoms with Crippen LogP contribution < -0.4 is 0 Å². The number of carbonyl (C=O) groups is 4. The number of thioether (sulfide) groups is 4. The smallest absolute Gasteiger partial charge is 0.333 e. The quantitative estimate of drug-likeness (QED) is 0.0525. The first-order chi connectivity index (χ1) is 26.3. The van der Waals surface area contributed by atoms with E-state index in [1.807, 2.05) is 72.8 Å². The van der Waals surface area contributed by atoms with Crippen LogP contribution in [0.15, 0.2) is 98.1 Å². The summed E-state index contributed by atoms with van der Waals surface area (Å²) in [7, 11) is 0. The van der Waals surface area contributed by atoms with E-state index in [2.05, 4.69) is 40.2 Å². The molecule has 0 aromatic heterocycles. The van der Waals surface area contributed by atoms with Gasteiger partial charge in [0.15, 0.2) is 0 Å². The van der Waals surface area contributed by atoms with Crippen LogP contribution in [0.4, 0.5) is 0 Å². The summed E-state index contributed by atoms with van der Waals surface area (Å²) in [4.78, 5) is 47.3. The van der Waals surface area contributed by atoms with E-state index in [9.17, 15) is 19.2 Å². The third-order valence-corrected chi connectivity index (χ3v) is 11.2. The zero-order valence-corrected chi connectivity index (χ0v) is 38.6. The molecule has 0 heterocycles. The van der Waals surface area contributed by atoms with Gasteiger partial charge in [0.05, 0.1) is 0 Å². The molecule has 0 saturated carbocycles. The van der Waals surface area contributed by atoms with Gasteiger partial charge in [-0.1, -0.05) is 161 Å². The van der Waals surface area contributed by atoms with Gasteiger partial charge in [-0.2, -0.15) is 0 Å². The van der Waals surface area contributed by atoms with Crippen LogP contribution in [-0.4, -0.2) is 78.4 Å². The molecule has 14 heteroatoms. The van der Waals surface area contributed by atoms with Crippen molar-refractivity contribution < 1.29 is 38.1 Å². The van der Waals surface area contributed by atoms with Crippen LogP contribution in [0.5, 0.6) is 0 Å². The number of thiocarbonyl (C=S) groups is 2. The fraction of sp³-hybridized carbons (Fsp3) is 0.381. The van der Waals surface area contributed by atoms with Gasteiger partial charge in [0.2, 0.25) is 0 Å². The minimum absolute atomic E-state index is 0.0854. The standard InChI is InChI=1S/C21H30O8S3.2C8H8.C5H10S3/c1-13(2)15(22)26-9-11-28-17(24)20(5,6)31-19(30)32-21(7,8)18(25)29-12-10-27-16(23)14(3)4;2*1-2-8-6-4-3-5-7-8;1-3-7-5(6)8-4-2/h1,3,9-12H2,2,4-8H3;2*2-7H,1H2;3-4H2,1-2H3. The van der Waals surface area contributed by atoms with Gasteiger partial charge in [0.1, 0.15) is 43.0 Å². The minimum Gasteiger partial charge on any atom is -0.461 e. The summed E-state index contributed by atoms with van der Waals surface area (Å²) in [5, 5.41) is 0. The molecule has 0 aliphatic rings. The first kappa shape index (κ1) is 55.0. The Labute approximate surface area is 362 Å². The molecule has 2 aromatic rings. The Balaban J connectivity index is 0. The van der Waals surface area contributed by atoms with Gasteiger partial charge in [-0.3, -0.25) is 9.59 Å². The van der Waals surface area contributed by atoms with Gasteiger partial charge in [0, 0.05) is 11.1 Å². The Morgan fingerprint density at radius 3 is 1.14 bits per heavy atom. The lowest BCUT2D eigenvalue weighted by Gasteiger charge is -2.26. The second kappa shape index (κ2) is 31.9. The van der Waals surface area contributed by atoms with E-state index >= 15 is 0 Å². The van der Waals surface area contributed by atoms with E-state index in [1.165, 1.54) is 25.0 Å². The summed E-state index contributed by atoms with van der Waals surface area (Å²) in [5.41, 5.74) is 2.85. The highest BCUT2D eigenvalue weighted by Crippen LogP contribution is 2.38. The van der Waals surface area contributed by atoms with E-state index < -0.39 is 33.4 Å². The molecule has 0 aliphatic carbocycles. The Hall–Kier alpha value is -3.14. The molecule has 0 unspecified atom stereocenters. The summed E-state index contributed by atoms with van der Waals surface area (Å²) in [6.45, 7) is 27.6. The molecule has 308 valence electrons. The Morgan fingerprint density at radius 1 is 0.589 bits per heavy atom. The molecule has 8 nitrogen and oxygen atoms in total. The highest BCUT2D eigenvalue weighted by atomic mass is 32.2. The highest BCUT2D eigenvalue weighted by Gasteiger charge is 2.37. The molecule has 0 atom stereocenters. The molecule has 2 aromatic carbocycles. The normalized spacial score (nSPS) is 10.1. The zero-order chi connectivity index (χ0) is 43.2. The molecule has 0 radical (unpaired) electrons. The van der Waals surface area contributed by atoms with Crippen LogP contribution in [0.1, 0.15) is 66.5 Å². The average molecular weight is 881 g/mol. The van der Waals surface area contributed by atoms with E-state index in [4.69, 9.17) is 43.4 Å². The van der Waals surface area contributed by atoms with Crippen LogP contribution in [-0.2, 0) is 38.1 Å². The third kappa shape index (κ3) is 28.3. The van der Waals surface area contributed by atoms with Crippen molar-refractivity contribution in [3.8, 4) is 0 Å². The van der Waals surface area contributed by atoms with Crippen molar-refractivity contribution in [1.29, 1.82) is 0 Å². The highest BCUT2D eigenvalue weighted by molar-refractivity contribution is 8.48. The van der Waals surface area contributed by atoms with Crippen LogP contribution in [0.2, 0.25) is 0 Å². The lowest BCUT2D eigenvalue weighted by atomic mass is 10.2. The number of hydrogen-bond donors (Lipinski definition) is 0. The maximum atomic E-state index is 12.3. The fourth-order valence-electron chi connectivity index (χ4n) is 3.11. The fourth-order valence-corrected chi connectivity index (χ4v) is 9.11. The Morgan fingerprint density at radius 2 is 0.893 bits per heavy atom. The van der Waals surface area contributed by atoms with Crippen molar-refractivity contribution in [3.63, 3.8) is 0 Å². The summed E-state index contributed by atoms with van der Waals surface area (Å²) >= 11 is 16.0. The lowest BCUT2D eigenvalue weighted by Crippen LogP contribution is -2.35. The third-order valence-electron chi connectivity index (χ3n) is 6.05. The monoisotopic (exact) mass is 880 g/mol. The molecule has 0 fully saturated rings. The molecule has 56 heavy (non-hydrogen) atoms. The largest absolute Gasteiger partial charge is 0.461 e. The van der Waals surface area contributed by atoms with Crippen LogP contribution in [0.3, 0.4) is 0 Å². The van der Waals surface area contributed by atoms with Gasteiger partial charge in [-0.05, 0) is 64.2 Å². The van der Waals surface area contributed by atoms with E-state index in [0.29, 0.717) is 3.53 Å². The predicted molar refractivity (Wildman–Crippen MR) is 251 cm³/mol. The Kier molecular flexibility index (Phi) is 31.3. The topological polar surface area (TPSA) is 105 Å². The number of esters is 4. The molecular weight excluding hydrogens is 825 g/mol. The number of ether oxygens (including phenoxy) is 4. The molecule has 0 amide bonds. The number of carbonyl (C=O) groups excluding carboxylic acids is 4. The van der Waals surface area contributed by atoms with Crippen molar-refractivity contribution in [2.45, 2.75) is 64.9 Å². The van der Waals surface area contributed by atoms with E-state index in [1.54, 1.807) is 51.2 Å². The molecular formula is C42H56O8S6. The first-order valence-electron chi connectivity index (χ1n) is 17.3. The van der Waals surface area contributed by atoms with Crippen LogP contribution in [0, 0.1) is 0 Å². The minimum atomic E-state index is -1.03. The average Bonchev–Trinajstić information content (AvgIpc) is 3.15. The molecule has 0 aliphatic heterocycles. The molecule has 0 bridgehead atoms. The van der Waals surface area contributed by atoms with Crippen molar-refractivity contribution in [3.05, 3.63) is 109 Å². The lowest BCUT2D eigenvalue weighted by molar-refractivity contribution is -0.151. The number of hydrogen-bond acceptors (Lipinski definition) is 14. The summed E-state index contributed by atoms with van der Waals surface area (Å²) in [5.74, 6) is -0.00344. The van der Waals surface area contributed by atoms with Crippen molar-refractivity contribution in [2.24, 2.45) is 0 Å². The molecule has 0 saturated heterocycles. The predicted octanol–water partition coefficient (Wildman–Crippen LogP) is 11.1. The first-order valence-corrected chi connectivity index (χ1v) is 21.8. The molecule has 0 N–H and O–H groups in total. The maximum Gasteiger partial charge on any atom is 0.333 e. The Bertz CT molecular complexity index is 1460. The second-order valence-electron chi connectivity index (χ2n) is 11.9.